The highest BCUT2D eigenvalue weighted by molar-refractivity contribution is 6.04. The second kappa shape index (κ2) is 9.97. The van der Waals surface area contributed by atoms with Gasteiger partial charge in [-0.2, -0.15) is 13.2 Å². The summed E-state index contributed by atoms with van der Waals surface area (Å²) in [6.07, 6.45) is -1.54. The van der Waals surface area contributed by atoms with Crippen molar-refractivity contribution >= 4 is 23.5 Å². The number of nitrogens with two attached hydrogens (primary N) is 1. The first kappa shape index (κ1) is 24.6. The predicted molar refractivity (Wildman–Crippen MR) is 127 cm³/mol. The molecule has 4 N–H and O–H groups in total. The maximum atomic E-state index is 13.8. The van der Waals surface area contributed by atoms with E-state index in [1.165, 1.54) is 25.0 Å². The average Bonchev–Trinajstić information content (AvgIpc) is 3.37. The van der Waals surface area contributed by atoms with Gasteiger partial charge in [0.25, 0.3) is 11.8 Å². The topological polar surface area (TPSA) is 103 Å². The molecule has 2 amide bonds. The van der Waals surface area contributed by atoms with Gasteiger partial charge in [-0.1, -0.05) is 6.07 Å². The minimum absolute atomic E-state index is 0.110. The molecule has 0 bridgehead atoms. The summed E-state index contributed by atoms with van der Waals surface area (Å²) in [5, 5.41) is 9.11. The summed E-state index contributed by atoms with van der Waals surface area (Å²) in [5.74, 6) is -2.03. The molecule has 0 unspecified atom stereocenters. The molecule has 0 aromatic heterocycles. The van der Waals surface area contributed by atoms with Gasteiger partial charge in [-0.15, -0.1) is 0 Å². The van der Waals surface area contributed by atoms with Crippen LogP contribution < -0.4 is 16.0 Å². The first-order chi connectivity index (χ1) is 16.6. The number of halogens is 3. The molecule has 2 heterocycles. The summed E-state index contributed by atoms with van der Waals surface area (Å²) in [4.78, 5) is 29.0. The molecule has 10 heteroatoms. The number of benzene rings is 2. The van der Waals surface area contributed by atoms with Gasteiger partial charge in [-0.3, -0.25) is 20.3 Å². The molecule has 4 rings (SSSR count). The van der Waals surface area contributed by atoms with Gasteiger partial charge < -0.3 is 15.5 Å². The Hall–Kier alpha value is -3.56. The van der Waals surface area contributed by atoms with Crippen molar-refractivity contribution in [1.29, 1.82) is 5.41 Å². The van der Waals surface area contributed by atoms with Crippen LogP contribution in [0.4, 0.5) is 18.9 Å². The zero-order valence-corrected chi connectivity index (χ0v) is 19.2. The van der Waals surface area contributed by atoms with Gasteiger partial charge in [0.05, 0.1) is 5.56 Å². The SMILES string of the molecule is N=C(N)NC(=O)c1ccc(C2CCN(C(=O)c3ccc(N4CCCC4)cc3)CC2)c(C(F)(F)F)c1. The number of rotatable bonds is 4. The molecule has 2 saturated heterocycles. The molecule has 0 aliphatic carbocycles. The van der Waals surface area contributed by atoms with Crippen LogP contribution in [0.1, 0.15) is 63.4 Å². The van der Waals surface area contributed by atoms with E-state index < -0.39 is 29.5 Å². The third-order valence-electron chi connectivity index (χ3n) is 6.68. The Bertz CT molecular complexity index is 1100. The Morgan fingerprint density at radius 1 is 0.943 bits per heavy atom. The molecule has 2 aromatic rings. The maximum Gasteiger partial charge on any atom is 0.416 e. The number of carbonyl (C=O) groups is 2. The van der Waals surface area contributed by atoms with E-state index in [0.717, 1.165) is 24.8 Å². The number of guanidine groups is 1. The molecular formula is C25H28F3N5O2. The Morgan fingerprint density at radius 3 is 2.11 bits per heavy atom. The quantitative estimate of drug-likeness (QED) is 0.449. The number of hydrogen-bond acceptors (Lipinski definition) is 4. The molecule has 0 saturated carbocycles. The molecule has 2 fully saturated rings. The second-order valence-corrected chi connectivity index (χ2v) is 8.98. The smallest absolute Gasteiger partial charge is 0.372 e. The molecule has 7 nitrogen and oxygen atoms in total. The van der Waals surface area contributed by atoms with E-state index in [1.54, 1.807) is 4.90 Å². The van der Waals surface area contributed by atoms with E-state index in [2.05, 4.69) is 4.90 Å². The zero-order chi connectivity index (χ0) is 25.2. The van der Waals surface area contributed by atoms with Crippen LogP contribution in [0.5, 0.6) is 0 Å². The van der Waals surface area contributed by atoms with Crippen LogP contribution in [0.25, 0.3) is 0 Å². The molecular weight excluding hydrogens is 459 g/mol. The third kappa shape index (κ3) is 5.58. The number of nitrogens with zero attached hydrogens (tertiary/aromatic N) is 2. The first-order valence-electron chi connectivity index (χ1n) is 11.6. The summed E-state index contributed by atoms with van der Waals surface area (Å²) >= 11 is 0. The van der Waals surface area contributed by atoms with Crippen molar-refractivity contribution in [3.63, 3.8) is 0 Å². The number of alkyl halides is 3. The minimum Gasteiger partial charge on any atom is -0.372 e. The van der Waals surface area contributed by atoms with Crippen LogP contribution in [-0.2, 0) is 6.18 Å². The fourth-order valence-electron chi connectivity index (χ4n) is 4.86. The molecule has 0 spiro atoms. The number of hydrogen-bond donors (Lipinski definition) is 3. The van der Waals surface area contributed by atoms with Gasteiger partial charge in [0.1, 0.15) is 0 Å². The Morgan fingerprint density at radius 2 is 1.54 bits per heavy atom. The van der Waals surface area contributed by atoms with E-state index in [-0.39, 0.29) is 17.0 Å². The number of carbonyl (C=O) groups excluding carboxylic acids is 2. The highest BCUT2D eigenvalue weighted by Gasteiger charge is 2.37. The van der Waals surface area contributed by atoms with Crippen LogP contribution in [-0.4, -0.2) is 48.9 Å². The van der Waals surface area contributed by atoms with Crippen LogP contribution in [0.15, 0.2) is 42.5 Å². The van der Waals surface area contributed by atoms with Gasteiger partial charge >= 0.3 is 6.18 Å². The highest BCUT2D eigenvalue weighted by Crippen LogP contribution is 2.39. The number of anilines is 1. The lowest BCUT2D eigenvalue weighted by Gasteiger charge is -2.33. The number of likely N-dealkylation sites (tertiary alicyclic amines) is 1. The van der Waals surface area contributed by atoms with Crippen molar-refractivity contribution in [3.05, 3.63) is 64.7 Å². The second-order valence-electron chi connectivity index (χ2n) is 8.98. The van der Waals surface area contributed by atoms with Crippen LogP contribution in [0.3, 0.4) is 0 Å². The summed E-state index contributed by atoms with van der Waals surface area (Å²) in [6, 6.07) is 10.9. The predicted octanol–water partition coefficient (Wildman–Crippen LogP) is 3.95. The number of amides is 2. The zero-order valence-electron chi connectivity index (χ0n) is 19.2. The Labute approximate surface area is 201 Å². The standard InChI is InChI=1S/C25H28F3N5O2/c26-25(27,28)21-15-18(22(34)31-24(29)30)5-8-20(21)16-9-13-33(14-10-16)23(35)17-3-6-19(7-4-17)32-11-1-2-12-32/h3-8,15-16H,1-2,9-14H2,(H4,29,30,31,34). The lowest BCUT2D eigenvalue weighted by Crippen LogP contribution is -2.38. The van der Waals surface area contributed by atoms with Crippen molar-refractivity contribution in [2.24, 2.45) is 5.73 Å². The van der Waals surface area contributed by atoms with Crippen LogP contribution in [0, 0.1) is 5.41 Å². The van der Waals surface area contributed by atoms with Gasteiger partial charge in [-0.05, 0) is 73.6 Å². The summed E-state index contributed by atoms with van der Waals surface area (Å²) < 4.78 is 41.4. The Kier molecular flexibility index (Phi) is 7.00. The van der Waals surface area contributed by atoms with E-state index in [4.69, 9.17) is 11.1 Å². The fourth-order valence-corrected chi connectivity index (χ4v) is 4.86. The molecule has 2 aliphatic rings. The first-order valence-corrected chi connectivity index (χ1v) is 11.6. The molecule has 0 radical (unpaired) electrons. The summed E-state index contributed by atoms with van der Waals surface area (Å²) in [7, 11) is 0. The summed E-state index contributed by atoms with van der Waals surface area (Å²) in [5.41, 5.74) is 5.79. The lowest BCUT2D eigenvalue weighted by atomic mass is 9.85. The van der Waals surface area contributed by atoms with Crippen molar-refractivity contribution < 1.29 is 22.8 Å². The lowest BCUT2D eigenvalue weighted by molar-refractivity contribution is -0.138. The molecule has 35 heavy (non-hydrogen) atoms. The Balaban J connectivity index is 1.44. The minimum atomic E-state index is -4.65. The fraction of sp³-hybridized carbons (Fsp3) is 0.400. The van der Waals surface area contributed by atoms with Gasteiger partial charge in [0.2, 0.25) is 0 Å². The van der Waals surface area contributed by atoms with E-state index in [9.17, 15) is 22.8 Å². The van der Waals surface area contributed by atoms with E-state index >= 15 is 0 Å². The highest BCUT2D eigenvalue weighted by atomic mass is 19.4. The van der Waals surface area contributed by atoms with Crippen LogP contribution in [0.2, 0.25) is 0 Å². The number of piperidine rings is 1. The average molecular weight is 488 g/mol. The molecule has 186 valence electrons. The van der Waals surface area contributed by atoms with E-state index in [0.29, 0.717) is 31.5 Å². The van der Waals surface area contributed by atoms with Gasteiger partial charge in [0, 0.05) is 43.0 Å². The van der Waals surface area contributed by atoms with Crippen molar-refractivity contribution in [1.82, 2.24) is 10.2 Å². The molecule has 0 atom stereocenters. The maximum absolute atomic E-state index is 13.8. The molecule has 2 aromatic carbocycles. The van der Waals surface area contributed by atoms with Crippen molar-refractivity contribution in [2.75, 3.05) is 31.1 Å². The summed E-state index contributed by atoms with van der Waals surface area (Å²) in [6.45, 7) is 2.73. The normalized spacial score (nSPS) is 16.9. The van der Waals surface area contributed by atoms with Gasteiger partial charge in [0.15, 0.2) is 5.96 Å². The monoisotopic (exact) mass is 487 g/mol. The molecule has 2 aliphatic heterocycles. The largest absolute Gasteiger partial charge is 0.416 e. The van der Waals surface area contributed by atoms with E-state index in [1.807, 2.05) is 29.6 Å². The van der Waals surface area contributed by atoms with Crippen molar-refractivity contribution in [3.8, 4) is 0 Å². The van der Waals surface area contributed by atoms with Crippen LogP contribution >= 0.6 is 0 Å². The van der Waals surface area contributed by atoms with Gasteiger partial charge in [-0.25, -0.2) is 0 Å². The number of nitrogens with one attached hydrogen (secondary N) is 2. The third-order valence-corrected chi connectivity index (χ3v) is 6.68. The van der Waals surface area contributed by atoms with Crippen molar-refractivity contribution in [2.45, 2.75) is 37.8 Å².